The van der Waals surface area contributed by atoms with Crippen LogP contribution >= 0.6 is 0 Å². The molecule has 0 radical (unpaired) electrons. The summed E-state index contributed by atoms with van der Waals surface area (Å²) in [6.07, 6.45) is 3.61. The monoisotopic (exact) mass is 339 g/mol. The lowest BCUT2D eigenvalue weighted by atomic mass is 10.0. The first-order valence-electron chi connectivity index (χ1n) is 8.41. The average molecular weight is 339 g/mol. The van der Waals surface area contributed by atoms with Crippen LogP contribution in [0.5, 0.6) is 0 Å². The zero-order valence-corrected chi connectivity index (χ0v) is 13.9. The molecule has 1 aliphatic heterocycles. The molecule has 3 heterocycles. The maximum atomic E-state index is 13.0. The summed E-state index contributed by atoms with van der Waals surface area (Å²) in [6, 6.07) is 10.2. The third kappa shape index (κ3) is 3.22. The molecule has 25 heavy (non-hydrogen) atoms. The number of anilines is 1. The van der Waals surface area contributed by atoms with Gasteiger partial charge in [0.25, 0.3) is 5.89 Å². The van der Waals surface area contributed by atoms with Crippen LogP contribution in [0, 0.1) is 5.82 Å². The molecule has 128 valence electrons. The molecule has 2 aromatic heterocycles. The molecule has 1 atom stereocenters. The van der Waals surface area contributed by atoms with Crippen molar-refractivity contribution in [2.75, 3.05) is 11.4 Å². The Bertz CT molecular complexity index is 847. The van der Waals surface area contributed by atoms with Crippen molar-refractivity contribution >= 4 is 5.82 Å². The van der Waals surface area contributed by atoms with Crippen molar-refractivity contribution in [1.29, 1.82) is 0 Å². The van der Waals surface area contributed by atoms with Crippen molar-refractivity contribution in [3.63, 3.8) is 0 Å². The molecule has 0 amide bonds. The second-order valence-corrected chi connectivity index (χ2v) is 6.25. The van der Waals surface area contributed by atoms with Crippen LogP contribution in [-0.2, 0) is 0 Å². The normalized spacial score (nSPS) is 17.7. The molecule has 0 N–H and O–H groups in total. The molecule has 1 fully saturated rings. The largest absolute Gasteiger partial charge is 0.352 e. The van der Waals surface area contributed by atoms with Gasteiger partial charge in [-0.15, -0.1) is 10.2 Å². The number of nitrogens with zero attached hydrogens (tertiary/aromatic N) is 5. The standard InChI is InChI=1S/C18H18FN5O/c1-12-4-2-3-11-24(12)16-10-9-15(21-22-16)18-20-17(23-25-18)13-5-7-14(19)8-6-13/h5-10,12H,2-4,11H2,1H3/t12-/m0/s1. The maximum Gasteiger partial charge on any atom is 0.278 e. The van der Waals surface area contributed by atoms with E-state index >= 15 is 0 Å². The van der Waals surface area contributed by atoms with Crippen molar-refractivity contribution in [3.8, 4) is 23.0 Å². The third-order valence-corrected chi connectivity index (χ3v) is 4.50. The van der Waals surface area contributed by atoms with E-state index in [1.807, 2.05) is 12.1 Å². The Morgan fingerprint density at radius 2 is 1.92 bits per heavy atom. The Morgan fingerprint density at radius 1 is 1.08 bits per heavy atom. The van der Waals surface area contributed by atoms with Crippen LogP contribution in [0.15, 0.2) is 40.9 Å². The molecule has 1 aliphatic rings. The Hall–Kier alpha value is -2.83. The van der Waals surface area contributed by atoms with Gasteiger partial charge in [0.05, 0.1) is 0 Å². The van der Waals surface area contributed by atoms with E-state index in [-0.39, 0.29) is 5.82 Å². The predicted molar refractivity (Wildman–Crippen MR) is 91.4 cm³/mol. The van der Waals surface area contributed by atoms with E-state index in [4.69, 9.17) is 4.52 Å². The molecule has 0 spiro atoms. The van der Waals surface area contributed by atoms with Crippen molar-refractivity contribution in [3.05, 3.63) is 42.2 Å². The smallest absolute Gasteiger partial charge is 0.278 e. The van der Waals surface area contributed by atoms with Gasteiger partial charge in [-0.2, -0.15) is 4.98 Å². The minimum Gasteiger partial charge on any atom is -0.352 e. The second kappa shape index (κ2) is 6.58. The second-order valence-electron chi connectivity index (χ2n) is 6.25. The Kier molecular flexibility index (Phi) is 4.13. The van der Waals surface area contributed by atoms with E-state index in [9.17, 15) is 4.39 Å². The molecule has 0 saturated carbocycles. The summed E-state index contributed by atoms with van der Waals surface area (Å²) in [6.45, 7) is 3.21. The van der Waals surface area contributed by atoms with Gasteiger partial charge in [0.15, 0.2) is 11.5 Å². The highest BCUT2D eigenvalue weighted by Gasteiger charge is 2.20. The number of piperidine rings is 1. The Labute approximate surface area is 144 Å². The summed E-state index contributed by atoms with van der Waals surface area (Å²) in [7, 11) is 0. The Morgan fingerprint density at radius 3 is 2.64 bits per heavy atom. The number of halogens is 1. The molecule has 4 rings (SSSR count). The topological polar surface area (TPSA) is 67.9 Å². The van der Waals surface area contributed by atoms with Gasteiger partial charge in [0.2, 0.25) is 5.82 Å². The van der Waals surface area contributed by atoms with Gasteiger partial charge >= 0.3 is 0 Å². The highest BCUT2D eigenvalue weighted by Crippen LogP contribution is 2.25. The first-order valence-corrected chi connectivity index (χ1v) is 8.41. The molecule has 1 saturated heterocycles. The number of hydrogen-bond acceptors (Lipinski definition) is 6. The molecule has 6 nitrogen and oxygen atoms in total. The zero-order valence-electron chi connectivity index (χ0n) is 13.9. The first-order chi connectivity index (χ1) is 12.2. The van der Waals surface area contributed by atoms with E-state index in [0.717, 1.165) is 12.4 Å². The fraction of sp³-hybridized carbons (Fsp3) is 0.333. The van der Waals surface area contributed by atoms with Crippen LogP contribution in [0.1, 0.15) is 26.2 Å². The summed E-state index contributed by atoms with van der Waals surface area (Å²) in [4.78, 5) is 6.60. The van der Waals surface area contributed by atoms with Crippen molar-refractivity contribution in [2.45, 2.75) is 32.2 Å². The van der Waals surface area contributed by atoms with Crippen LogP contribution in [0.3, 0.4) is 0 Å². The van der Waals surface area contributed by atoms with E-state index in [1.165, 1.54) is 31.4 Å². The maximum absolute atomic E-state index is 13.0. The molecular weight excluding hydrogens is 321 g/mol. The van der Waals surface area contributed by atoms with E-state index < -0.39 is 0 Å². The highest BCUT2D eigenvalue weighted by atomic mass is 19.1. The number of rotatable bonds is 3. The van der Waals surface area contributed by atoms with Gasteiger partial charge in [-0.1, -0.05) is 5.16 Å². The SMILES string of the molecule is C[C@H]1CCCCN1c1ccc(-c2nc(-c3ccc(F)cc3)no2)nn1. The third-order valence-electron chi connectivity index (χ3n) is 4.50. The van der Waals surface area contributed by atoms with E-state index in [1.54, 1.807) is 12.1 Å². The minimum atomic E-state index is -0.305. The van der Waals surface area contributed by atoms with Crippen LogP contribution in [0.25, 0.3) is 23.0 Å². The van der Waals surface area contributed by atoms with Gasteiger partial charge in [-0.3, -0.25) is 0 Å². The fourth-order valence-electron chi connectivity index (χ4n) is 3.07. The Balaban J connectivity index is 1.55. The van der Waals surface area contributed by atoms with Gasteiger partial charge in [0.1, 0.15) is 5.82 Å². The number of hydrogen-bond donors (Lipinski definition) is 0. The summed E-state index contributed by atoms with van der Waals surface area (Å²) in [5, 5.41) is 12.5. The quantitative estimate of drug-likeness (QED) is 0.724. The summed E-state index contributed by atoms with van der Waals surface area (Å²) < 4.78 is 18.3. The number of aromatic nitrogens is 4. The lowest BCUT2D eigenvalue weighted by molar-refractivity contribution is 0.430. The predicted octanol–water partition coefficient (Wildman–Crippen LogP) is 3.71. The minimum absolute atomic E-state index is 0.296. The fourth-order valence-corrected chi connectivity index (χ4v) is 3.07. The number of benzene rings is 1. The molecule has 0 unspecified atom stereocenters. The van der Waals surface area contributed by atoms with Crippen LogP contribution in [0.2, 0.25) is 0 Å². The lowest BCUT2D eigenvalue weighted by Gasteiger charge is -2.33. The van der Waals surface area contributed by atoms with Crippen LogP contribution in [0.4, 0.5) is 10.2 Å². The summed E-state index contributed by atoms with van der Waals surface area (Å²) in [5.74, 6) is 1.26. The van der Waals surface area contributed by atoms with Crippen molar-refractivity contribution in [1.82, 2.24) is 20.3 Å². The van der Waals surface area contributed by atoms with E-state index in [0.29, 0.717) is 29.0 Å². The average Bonchev–Trinajstić information content (AvgIpc) is 3.13. The lowest BCUT2D eigenvalue weighted by Crippen LogP contribution is -2.38. The van der Waals surface area contributed by atoms with Gasteiger partial charge in [-0.25, -0.2) is 4.39 Å². The molecule has 7 heteroatoms. The van der Waals surface area contributed by atoms with E-state index in [2.05, 4.69) is 32.2 Å². The molecule has 0 aliphatic carbocycles. The van der Waals surface area contributed by atoms with Gasteiger partial charge in [-0.05, 0) is 62.6 Å². The molecule has 3 aromatic rings. The summed E-state index contributed by atoms with van der Waals surface area (Å²) in [5.41, 5.74) is 1.21. The first kappa shape index (κ1) is 15.7. The molecule has 1 aromatic carbocycles. The molecule has 0 bridgehead atoms. The van der Waals surface area contributed by atoms with Crippen molar-refractivity contribution in [2.24, 2.45) is 0 Å². The summed E-state index contributed by atoms with van der Waals surface area (Å²) >= 11 is 0. The van der Waals surface area contributed by atoms with Gasteiger partial charge in [0, 0.05) is 18.2 Å². The van der Waals surface area contributed by atoms with Crippen LogP contribution < -0.4 is 4.90 Å². The molecular formula is C18H18FN5O. The van der Waals surface area contributed by atoms with Crippen molar-refractivity contribution < 1.29 is 8.91 Å². The van der Waals surface area contributed by atoms with Crippen LogP contribution in [-0.4, -0.2) is 32.9 Å². The highest BCUT2D eigenvalue weighted by molar-refractivity contribution is 5.58. The zero-order chi connectivity index (χ0) is 17.2. The van der Waals surface area contributed by atoms with Gasteiger partial charge < -0.3 is 9.42 Å².